The molecular weight excluding hydrogens is 285 g/mol. The molecule has 104 valence electrons. The molecule has 1 aliphatic rings. The predicted molar refractivity (Wildman–Crippen MR) is 76.5 cm³/mol. The van der Waals surface area contributed by atoms with E-state index in [1.54, 1.807) is 6.07 Å². The van der Waals surface area contributed by atoms with Crippen LogP contribution in [0.25, 0.3) is 0 Å². The molecule has 0 radical (unpaired) electrons. The van der Waals surface area contributed by atoms with Gasteiger partial charge in [-0.05, 0) is 37.5 Å². The molecule has 0 amide bonds. The number of benzene rings is 1. The van der Waals surface area contributed by atoms with E-state index < -0.39 is 0 Å². The maximum atomic E-state index is 11.6. The fourth-order valence-corrected chi connectivity index (χ4v) is 2.46. The average Bonchev–Trinajstić information content (AvgIpc) is 3.16. The van der Waals surface area contributed by atoms with Crippen molar-refractivity contribution in [1.29, 1.82) is 0 Å². The Kier molecular flexibility index (Phi) is 5.08. The van der Waals surface area contributed by atoms with Crippen molar-refractivity contribution in [2.75, 3.05) is 13.2 Å². The summed E-state index contributed by atoms with van der Waals surface area (Å²) in [5.41, 5.74) is 0.988. The molecule has 0 aliphatic heterocycles. The van der Waals surface area contributed by atoms with Crippen molar-refractivity contribution in [3.63, 3.8) is 0 Å². The van der Waals surface area contributed by atoms with Gasteiger partial charge in [-0.1, -0.05) is 29.3 Å². The Morgan fingerprint density at radius 2 is 2.16 bits per heavy atom. The SMILES string of the molecule is CCOC(=O)CN(Cc1ccc(Cl)cc1Cl)C1CC1. The first-order chi connectivity index (χ1) is 9.10. The lowest BCUT2D eigenvalue weighted by Crippen LogP contribution is -2.32. The zero-order valence-corrected chi connectivity index (χ0v) is 12.4. The summed E-state index contributed by atoms with van der Waals surface area (Å²) in [6, 6.07) is 5.92. The number of nitrogens with zero attached hydrogens (tertiary/aromatic N) is 1. The van der Waals surface area contributed by atoms with Crippen LogP contribution < -0.4 is 0 Å². The molecule has 19 heavy (non-hydrogen) atoms. The van der Waals surface area contributed by atoms with Gasteiger partial charge in [0.15, 0.2) is 0 Å². The van der Waals surface area contributed by atoms with Crippen LogP contribution in [0.2, 0.25) is 10.0 Å². The first-order valence-corrected chi connectivity index (χ1v) is 7.19. The number of carbonyl (C=O) groups is 1. The number of ether oxygens (including phenoxy) is 1. The van der Waals surface area contributed by atoms with Crippen molar-refractivity contribution < 1.29 is 9.53 Å². The van der Waals surface area contributed by atoms with Gasteiger partial charge in [-0.3, -0.25) is 9.69 Å². The summed E-state index contributed by atoms with van der Waals surface area (Å²) in [6.45, 7) is 3.20. The zero-order valence-electron chi connectivity index (χ0n) is 10.9. The highest BCUT2D eigenvalue weighted by Crippen LogP contribution is 2.30. The fourth-order valence-electron chi connectivity index (χ4n) is 1.99. The lowest BCUT2D eigenvalue weighted by molar-refractivity contribution is -0.144. The quantitative estimate of drug-likeness (QED) is 0.753. The van der Waals surface area contributed by atoms with Gasteiger partial charge in [0.2, 0.25) is 0 Å². The van der Waals surface area contributed by atoms with E-state index in [2.05, 4.69) is 4.90 Å². The Labute approximate surface area is 123 Å². The highest BCUT2D eigenvalue weighted by atomic mass is 35.5. The van der Waals surface area contributed by atoms with Crippen LogP contribution in [-0.4, -0.2) is 30.1 Å². The maximum absolute atomic E-state index is 11.6. The summed E-state index contributed by atoms with van der Waals surface area (Å²) in [4.78, 5) is 13.7. The highest BCUT2D eigenvalue weighted by molar-refractivity contribution is 6.35. The topological polar surface area (TPSA) is 29.5 Å². The van der Waals surface area contributed by atoms with Gasteiger partial charge >= 0.3 is 5.97 Å². The second-order valence-electron chi connectivity index (χ2n) is 4.68. The molecular formula is C14H17Cl2NO2. The summed E-state index contributed by atoms with van der Waals surface area (Å²) >= 11 is 12.1. The van der Waals surface area contributed by atoms with Crippen LogP contribution >= 0.6 is 23.2 Å². The van der Waals surface area contributed by atoms with E-state index in [-0.39, 0.29) is 5.97 Å². The molecule has 0 spiro atoms. The lowest BCUT2D eigenvalue weighted by Gasteiger charge is -2.21. The van der Waals surface area contributed by atoms with E-state index in [4.69, 9.17) is 27.9 Å². The third-order valence-electron chi connectivity index (χ3n) is 3.09. The molecule has 1 aromatic rings. The number of hydrogen-bond donors (Lipinski definition) is 0. The monoisotopic (exact) mass is 301 g/mol. The van der Waals surface area contributed by atoms with Crippen LogP contribution in [0.1, 0.15) is 25.3 Å². The van der Waals surface area contributed by atoms with E-state index in [0.717, 1.165) is 18.4 Å². The van der Waals surface area contributed by atoms with Gasteiger partial charge in [-0.2, -0.15) is 0 Å². The molecule has 0 N–H and O–H groups in total. The van der Waals surface area contributed by atoms with Crippen molar-refractivity contribution in [3.05, 3.63) is 33.8 Å². The lowest BCUT2D eigenvalue weighted by atomic mass is 10.2. The largest absolute Gasteiger partial charge is 0.465 e. The molecule has 0 bridgehead atoms. The van der Waals surface area contributed by atoms with Gasteiger partial charge in [0.1, 0.15) is 0 Å². The van der Waals surface area contributed by atoms with Gasteiger partial charge < -0.3 is 4.74 Å². The van der Waals surface area contributed by atoms with Crippen LogP contribution in [0.3, 0.4) is 0 Å². The minimum Gasteiger partial charge on any atom is -0.465 e. The van der Waals surface area contributed by atoms with Crippen LogP contribution in [0, 0.1) is 0 Å². The summed E-state index contributed by atoms with van der Waals surface area (Å²) < 4.78 is 5.00. The van der Waals surface area contributed by atoms with Crippen LogP contribution in [0.4, 0.5) is 0 Å². The molecule has 1 aliphatic carbocycles. The molecule has 1 fully saturated rings. The highest BCUT2D eigenvalue weighted by Gasteiger charge is 2.30. The van der Waals surface area contributed by atoms with Gasteiger partial charge in [-0.25, -0.2) is 0 Å². The maximum Gasteiger partial charge on any atom is 0.320 e. The average molecular weight is 302 g/mol. The summed E-state index contributed by atoms with van der Waals surface area (Å²) in [5.74, 6) is -0.181. The smallest absolute Gasteiger partial charge is 0.320 e. The van der Waals surface area contributed by atoms with Gasteiger partial charge in [0.05, 0.1) is 13.2 Å². The predicted octanol–water partition coefficient (Wildman–Crippen LogP) is 3.52. The van der Waals surface area contributed by atoms with Crippen molar-refractivity contribution >= 4 is 29.2 Å². The molecule has 0 unspecified atom stereocenters. The van der Waals surface area contributed by atoms with Crippen molar-refractivity contribution in [2.24, 2.45) is 0 Å². The molecule has 0 saturated heterocycles. The molecule has 3 nitrogen and oxygen atoms in total. The minimum atomic E-state index is -0.181. The van der Waals surface area contributed by atoms with E-state index in [9.17, 15) is 4.79 Å². The van der Waals surface area contributed by atoms with Gasteiger partial charge in [0.25, 0.3) is 0 Å². The molecule has 0 atom stereocenters. The number of rotatable bonds is 6. The van der Waals surface area contributed by atoms with Crippen molar-refractivity contribution in [2.45, 2.75) is 32.4 Å². The number of halogens is 2. The van der Waals surface area contributed by atoms with Crippen molar-refractivity contribution in [3.8, 4) is 0 Å². The zero-order chi connectivity index (χ0) is 13.8. The molecule has 5 heteroatoms. The van der Waals surface area contributed by atoms with Crippen LogP contribution in [0.15, 0.2) is 18.2 Å². The van der Waals surface area contributed by atoms with E-state index in [1.165, 1.54) is 0 Å². The molecule has 1 aromatic carbocycles. The second-order valence-corrected chi connectivity index (χ2v) is 5.52. The summed E-state index contributed by atoms with van der Waals surface area (Å²) in [7, 11) is 0. The Bertz CT molecular complexity index is 461. The third kappa shape index (κ3) is 4.37. The first kappa shape index (κ1) is 14.6. The second kappa shape index (κ2) is 6.60. The molecule has 2 rings (SSSR count). The van der Waals surface area contributed by atoms with E-state index >= 15 is 0 Å². The van der Waals surface area contributed by atoms with E-state index in [1.807, 2.05) is 19.1 Å². The molecule has 1 saturated carbocycles. The number of carbonyl (C=O) groups excluding carboxylic acids is 1. The van der Waals surface area contributed by atoms with E-state index in [0.29, 0.717) is 35.8 Å². The Morgan fingerprint density at radius 1 is 1.42 bits per heavy atom. The number of esters is 1. The van der Waals surface area contributed by atoms with Crippen LogP contribution in [0.5, 0.6) is 0 Å². The first-order valence-electron chi connectivity index (χ1n) is 6.43. The Morgan fingerprint density at radius 3 is 2.74 bits per heavy atom. The Balaban J connectivity index is 2.02. The van der Waals surface area contributed by atoms with Gasteiger partial charge in [-0.15, -0.1) is 0 Å². The normalized spacial score (nSPS) is 14.7. The Hall–Kier alpha value is -0.770. The minimum absolute atomic E-state index is 0.181. The standard InChI is InChI=1S/C14H17Cl2NO2/c1-2-19-14(18)9-17(12-5-6-12)8-10-3-4-11(15)7-13(10)16/h3-4,7,12H,2,5-6,8-9H2,1H3. The third-order valence-corrected chi connectivity index (χ3v) is 3.68. The van der Waals surface area contributed by atoms with Crippen molar-refractivity contribution in [1.82, 2.24) is 4.90 Å². The molecule has 0 heterocycles. The van der Waals surface area contributed by atoms with Crippen LogP contribution in [-0.2, 0) is 16.1 Å². The summed E-state index contributed by atoms with van der Waals surface area (Å²) in [6.07, 6.45) is 2.26. The number of hydrogen-bond acceptors (Lipinski definition) is 3. The van der Waals surface area contributed by atoms with Gasteiger partial charge in [0, 0.05) is 22.6 Å². The molecule has 0 aromatic heterocycles. The summed E-state index contributed by atoms with van der Waals surface area (Å²) in [5, 5.41) is 1.26. The fraction of sp³-hybridized carbons (Fsp3) is 0.500.